The van der Waals surface area contributed by atoms with Crippen LogP contribution in [0.25, 0.3) is 0 Å². The SMILES string of the molecule is CC(C)N1CCC(N2CCC(C(=O)O)(C(F)(F)F)C2)CC1. The van der Waals surface area contributed by atoms with Crippen molar-refractivity contribution in [1.82, 2.24) is 9.80 Å². The Hall–Kier alpha value is -0.820. The standard InChI is InChI=1S/C14H23F3N2O2/c1-10(2)18-6-3-11(4-7-18)19-8-5-13(9-19,12(20)21)14(15,16)17/h10-11H,3-9H2,1-2H3,(H,20,21). The summed E-state index contributed by atoms with van der Waals surface area (Å²) >= 11 is 0. The van der Waals surface area contributed by atoms with Gasteiger partial charge in [0.25, 0.3) is 0 Å². The number of alkyl halides is 3. The van der Waals surface area contributed by atoms with Crippen LogP contribution in [0.1, 0.15) is 33.1 Å². The number of hydrogen-bond acceptors (Lipinski definition) is 3. The number of halogens is 3. The molecule has 0 amide bonds. The largest absolute Gasteiger partial charge is 0.481 e. The summed E-state index contributed by atoms with van der Waals surface area (Å²) in [6.07, 6.45) is -3.40. The van der Waals surface area contributed by atoms with E-state index >= 15 is 0 Å². The van der Waals surface area contributed by atoms with Crippen molar-refractivity contribution in [3.05, 3.63) is 0 Å². The van der Waals surface area contributed by atoms with E-state index in [0.29, 0.717) is 6.04 Å². The van der Waals surface area contributed by atoms with Gasteiger partial charge in [0.2, 0.25) is 0 Å². The first-order chi connectivity index (χ1) is 9.67. The molecule has 21 heavy (non-hydrogen) atoms. The lowest BCUT2D eigenvalue weighted by molar-refractivity contribution is -0.228. The summed E-state index contributed by atoms with van der Waals surface area (Å²) in [5, 5.41) is 9.08. The second-order valence-corrected chi connectivity index (χ2v) is 6.47. The molecular formula is C14H23F3N2O2. The highest BCUT2D eigenvalue weighted by Crippen LogP contribution is 2.46. The van der Waals surface area contributed by atoms with E-state index in [1.165, 1.54) is 0 Å². The molecule has 4 nitrogen and oxygen atoms in total. The van der Waals surface area contributed by atoms with Crippen molar-refractivity contribution in [2.24, 2.45) is 5.41 Å². The average molecular weight is 308 g/mol. The van der Waals surface area contributed by atoms with Crippen molar-refractivity contribution >= 4 is 5.97 Å². The zero-order valence-electron chi connectivity index (χ0n) is 12.5. The van der Waals surface area contributed by atoms with Crippen molar-refractivity contribution in [1.29, 1.82) is 0 Å². The number of rotatable bonds is 3. The van der Waals surface area contributed by atoms with Crippen LogP contribution in [0.3, 0.4) is 0 Å². The number of aliphatic carboxylic acids is 1. The molecule has 7 heteroatoms. The first-order valence-corrected chi connectivity index (χ1v) is 7.45. The molecule has 0 aromatic carbocycles. The van der Waals surface area contributed by atoms with E-state index in [1.807, 2.05) is 0 Å². The van der Waals surface area contributed by atoms with Crippen LogP contribution in [0.2, 0.25) is 0 Å². The van der Waals surface area contributed by atoms with Crippen LogP contribution in [-0.2, 0) is 4.79 Å². The molecule has 122 valence electrons. The van der Waals surface area contributed by atoms with E-state index in [2.05, 4.69) is 18.7 Å². The van der Waals surface area contributed by atoms with E-state index in [9.17, 15) is 18.0 Å². The topological polar surface area (TPSA) is 43.8 Å². The summed E-state index contributed by atoms with van der Waals surface area (Å²) in [6.45, 7) is 5.76. The molecule has 0 aromatic rings. The minimum atomic E-state index is -4.69. The molecule has 0 radical (unpaired) electrons. The van der Waals surface area contributed by atoms with E-state index in [-0.39, 0.29) is 19.0 Å². The molecule has 2 saturated heterocycles. The fourth-order valence-electron chi connectivity index (χ4n) is 3.45. The number of likely N-dealkylation sites (tertiary alicyclic amines) is 2. The molecule has 0 saturated carbocycles. The summed E-state index contributed by atoms with van der Waals surface area (Å²) in [4.78, 5) is 15.2. The molecular weight excluding hydrogens is 285 g/mol. The molecule has 1 unspecified atom stereocenters. The molecule has 2 aliphatic rings. The van der Waals surface area contributed by atoms with Crippen molar-refractivity contribution in [2.45, 2.75) is 51.4 Å². The highest BCUT2D eigenvalue weighted by atomic mass is 19.4. The lowest BCUT2D eigenvalue weighted by Crippen LogP contribution is -2.50. The molecule has 1 N–H and O–H groups in total. The number of carbonyl (C=O) groups is 1. The van der Waals surface area contributed by atoms with E-state index in [0.717, 1.165) is 25.9 Å². The number of nitrogens with zero attached hydrogens (tertiary/aromatic N) is 2. The number of hydrogen-bond donors (Lipinski definition) is 1. The number of carboxylic acid groups (broad SMARTS) is 1. The molecule has 2 rings (SSSR count). The minimum Gasteiger partial charge on any atom is -0.481 e. The lowest BCUT2D eigenvalue weighted by Gasteiger charge is -2.39. The maximum Gasteiger partial charge on any atom is 0.406 e. The van der Waals surface area contributed by atoms with Crippen molar-refractivity contribution in [3.63, 3.8) is 0 Å². The molecule has 0 aliphatic carbocycles. The Morgan fingerprint density at radius 2 is 1.81 bits per heavy atom. The van der Waals surface area contributed by atoms with Crippen LogP contribution >= 0.6 is 0 Å². The number of carboxylic acids is 1. The van der Waals surface area contributed by atoms with Gasteiger partial charge >= 0.3 is 12.1 Å². The van der Waals surface area contributed by atoms with Crippen LogP contribution in [-0.4, -0.2) is 65.3 Å². The van der Waals surface area contributed by atoms with Crippen LogP contribution in [0, 0.1) is 5.41 Å². The van der Waals surface area contributed by atoms with Crippen molar-refractivity contribution in [2.75, 3.05) is 26.2 Å². The van der Waals surface area contributed by atoms with E-state index in [1.54, 1.807) is 4.90 Å². The molecule has 1 atom stereocenters. The van der Waals surface area contributed by atoms with Crippen LogP contribution < -0.4 is 0 Å². The Kier molecular flexibility index (Phi) is 4.54. The maximum atomic E-state index is 13.2. The maximum absolute atomic E-state index is 13.2. The first kappa shape index (κ1) is 16.5. The second kappa shape index (κ2) is 5.76. The van der Waals surface area contributed by atoms with Crippen molar-refractivity contribution < 1.29 is 23.1 Å². The normalized spacial score (nSPS) is 30.2. The lowest BCUT2D eigenvalue weighted by atomic mass is 9.86. The third-order valence-corrected chi connectivity index (χ3v) is 5.00. The second-order valence-electron chi connectivity index (χ2n) is 6.47. The zero-order valence-corrected chi connectivity index (χ0v) is 12.5. The van der Waals surface area contributed by atoms with Gasteiger partial charge in [-0.25, -0.2) is 0 Å². The minimum absolute atomic E-state index is 0.0728. The van der Waals surface area contributed by atoms with Gasteiger partial charge in [0, 0.05) is 18.6 Å². The summed E-state index contributed by atoms with van der Waals surface area (Å²) in [7, 11) is 0. The third kappa shape index (κ3) is 3.04. The fraction of sp³-hybridized carbons (Fsp3) is 0.929. The molecule has 2 aliphatic heterocycles. The highest BCUT2D eigenvalue weighted by molar-refractivity contribution is 5.76. The van der Waals surface area contributed by atoms with Gasteiger partial charge < -0.3 is 10.0 Å². The fourth-order valence-corrected chi connectivity index (χ4v) is 3.45. The van der Waals surface area contributed by atoms with Gasteiger partial charge in [0.15, 0.2) is 5.41 Å². The first-order valence-electron chi connectivity index (χ1n) is 7.45. The van der Waals surface area contributed by atoms with E-state index in [4.69, 9.17) is 5.11 Å². The van der Waals surface area contributed by atoms with Gasteiger partial charge in [-0.3, -0.25) is 9.69 Å². The van der Waals surface area contributed by atoms with Gasteiger partial charge in [0.05, 0.1) is 0 Å². The van der Waals surface area contributed by atoms with E-state index < -0.39 is 24.1 Å². The van der Waals surface area contributed by atoms with Crippen LogP contribution in [0.5, 0.6) is 0 Å². The predicted molar refractivity (Wildman–Crippen MR) is 72.0 cm³/mol. The Labute approximate surface area is 122 Å². The molecule has 2 heterocycles. The predicted octanol–water partition coefficient (Wildman–Crippen LogP) is 2.20. The summed E-state index contributed by atoms with van der Waals surface area (Å²) in [5.74, 6) is -1.74. The monoisotopic (exact) mass is 308 g/mol. The Morgan fingerprint density at radius 1 is 1.24 bits per heavy atom. The molecule has 0 bridgehead atoms. The Balaban J connectivity index is 2.01. The highest BCUT2D eigenvalue weighted by Gasteiger charge is 2.64. The summed E-state index contributed by atoms with van der Waals surface area (Å²) < 4.78 is 39.5. The van der Waals surface area contributed by atoms with Gasteiger partial charge in [-0.2, -0.15) is 13.2 Å². The molecule has 2 fully saturated rings. The van der Waals surface area contributed by atoms with Crippen LogP contribution in [0.4, 0.5) is 13.2 Å². The van der Waals surface area contributed by atoms with Crippen LogP contribution in [0.15, 0.2) is 0 Å². The summed E-state index contributed by atoms with van der Waals surface area (Å²) in [6, 6.07) is 0.515. The Bertz CT molecular complexity index is 392. The smallest absolute Gasteiger partial charge is 0.406 e. The zero-order chi connectivity index (χ0) is 15.8. The Morgan fingerprint density at radius 3 is 2.19 bits per heavy atom. The quantitative estimate of drug-likeness (QED) is 0.868. The molecule has 0 spiro atoms. The third-order valence-electron chi connectivity index (χ3n) is 5.00. The number of piperidine rings is 1. The van der Waals surface area contributed by atoms with Gasteiger partial charge in [-0.1, -0.05) is 0 Å². The van der Waals surface area contributed by atoms with Gasteiger partial charge in [-0.15, -0.1) is 0 Å². The average Bonchev–Trinajstić information content (AvgIpc) is 2.84. The summed E-state index contributed by atoms with van der Waals surface area (Å²) in [5.41, 5.74) is -2.58. The molecule has 0 aromatic heterocycles. The van der Waals surface area contributed by atoms with Crippen molar-refractivity contribution in [3.8, 4) is 0 Å². The van der Waals surface area contributed by atoms with Gasteiger partial charge in [-0.05, 0) is 52.7 Å². The van der Waals surface area contributed by atoms with Gasteiger partial charge in [0.1, 0.15) is 0 Å².